The Morgan fingerprint density at radius 1 is 1.57 bits per heavy atom. The molecule has 2 aliphatic carbocycles. The van der Waals surface area contributed by atoms with Crippen LogP contribution < -0.4 is 5.32 Å². The predicted octanol–water partition coefficient (Wildman–Crippen LogP) is 0.838. The molecular formula is C11H17NO2. The Morgan fingerprint density at radius 3 is 3.07 bits per heavy atom. The first-order valence-corrected chi connectivity index (χ1v) is 5.30. The maximum Gasteiger partial charge on any atom is 0.217 e. The van der Waals surface area contributed by atoms with Crippen molar-refractivity contribution in [3.8, 4) is 0 Å². The second kappa shape index (κ2) is 3.73. The van der Waals surface area contributed by atoms with E-state index >= 15 is 0 Å². The van der Waals surface area contributed by atoms with Gasteiger partial charge < -0.3 is 10.4 Å². The van der Waals surface area contributed by atoms with E-state index in [1.54, 1.807) is 0 Å². The summed E-state index contributed by atoms with van der Waals surface area (Å²) in [5.74, 6) is 0.874. The molecule has 4 unspecified atom stereocenters. The molecule has 2 rings (SSSR count). The van der Waals surface area contributed by atoms with Crippen molar-refractivity contribution in [3.05, 3.63) is 12.2 Å². The number of fused-ring (bicyclic) bond motifs is 1. The highest BCUT2D eigenvalue weighted by Gasteiger charge is 2.42. The van der Waals surface area contributed by atoms with Crippen LogP contribution in [0, 0.1) is 11.8 Å². The molecule has 0 aromatic carbocycles. The van der Waals surface area contributed by atoms with Gasteiger partial charge in [-0.3, -0.25) is 4.79 Å². The number of carbonyl (C=O) groups is 1. The van der Waals surface area contributed by atoms with Gasteiger partial charge in [0.25, 0.3) is 0 Å². The molecule has 78 valence electrons. The zero-order valence-corrected chi connectivity index (χ0v) is 8.44. The van der Waals surface area contributed by atoms with Gasteiger partial charge in [0.15, 0.2) is 0 Å². The summed E-state index contributed by atoms with van der Waals surface area (Å²) in [7, 11) is 0. The molecule has 14 heavy (non-hydrogen) atoms. The van der Waals surface area contributed by atoms with Gasteiger partial charge in [-0.05, 0) is 31.1 Å². The van der Waals surface area contributed by atoms with Crippen molar-refractivity contribution >= 4 is 5.91 Å². The number of hydrogen-bond acceptors (Lipinski definition) is 2. The van der Waals surface area contributed by atoms with Crippen LogP contribution in [0.1, 0.15) is 26.2 Å². The van der Waals surface area contributed by atoms with Crippen molar-refractivity contribution < 1.29 is 9.90 Å². The van der Waals surface area contributed by atoms with E-state index < -0.39 is 0 Å². The van der Waals surface area contributed by atoms with Crippen LogP contribution in [0.5, 0.6) is 0 Å². The van der Waals surface area contributed by atoms with Crippen LogP contribution in [-0.2, 0) is 4.79 Å². The molecule has 2 aliphatic rings. The van der Waals surface area contributed by atoms with E-state index in [1.165, 1.54) is 6.92 Å². The molecular weight excluding hydrogens is 178 g/mol. The van der Waals surface area contributed by atoms with Crippen molar-refractivity contribution in [2.45, 2.75) is 38.3 Å². The Kier molecular flexibility index (Phi) is 2.59. The summed E-state index contributed by atoms with van der Waals surface area (Å²) in [5, 5.41) is 12.7. The summed E-state index contributed by atoms with van der Waals surface area (Å²) in [6, 6.07) is -0.0255. The summed E-state index contributed by atoms with van der Waals surface area (Å²) in [6.07, 6.45) is 6.97. The third-order valence-corrected chi connectivity index (χ3v) is 3.36. The molecule has 0 aromatic rings. The summed E-state index contributed by atoms with van der Waals surface area (Å²) in [5.41, 5.74) is 0. The Morgan fingerprint density at radius 2 is 2.36 bits per heavy atom. The highest BCUT2D eigenvalue weighted by molar-refractivity contribution is 5.73. The van der Waals surface area contributed by atoms with Crippen molar-refractivity contribution in [2.24, 2.45) is 11.8 Å². The molecule has 0 radical (unpaired) electrons. The molecule has 0 saturated heterocycles. The fourth-order valence-corrected chi connectivity index (χ4v) is 2.76. The lowest BCUT2D eigenvalue weighted by Crippen LogP contribution is -2.43. The third kappa shape index (κ3) is 1.69. The van der Waals surface area contributed by atoms with E-state index in [0.29, 0.717) is 11.8 Å². The van der Waals surface area contributed by atoms with Gasteiger partial charge in [-0.1, -0.05) is 12.2 Å². The first-order chi connectivity index (χ1) is 6.68. The number of hydrogen-bond donors (Lipinski definition) is 2. The summed E-state index contributed by atoms with van der Waals surface area (Å²) in [6.45, 7) is 1.51. The van der Waals surface area contributed by atoms with Crippen LogP contribution in [-0.4, -0.2) is 23.2 Å². The van der Waals surface area contributed by atoms with Crippen molar-refractivity contribution in [1.82, 2.24) is 5.32 Å². The lowest BCUT2D eigenvalue weighted by Gasteiger charge is -2.26. The van der Waals surface area contributed by atoms with Crippen molar-refractivity contribution in [3.63, 3.8) is 0 Å². The molecule has 1 amide bonds. The maximum absolute atomic E-state index is 11.0. The second-order valence-electron chi connectivity index (χ2n) is 4.36. The molecule has 2 N–H and O–H groups in total. The normalized spacial score (nSPS) is 40.7. The van der Waals surface area contributed by atoms with E-state index in [1.807, 2.05) is 0 Å². The molecule has 0 heterocycles. The molecule has 3 heteroatoms. The van der Waals surface area contributed by atoms with Crippen LogP contribution in [0.4, 0.5) is 0 Å². The Hall–Kier alpha value is -0.830. The molecule has 0 aliphatic heterocycles. The number of nitrogens with one attached hydrogen (secondary N) is 1. The largest absolute Gasteiger partial charge is 0.391 e. The fraction of sp³-hybridized carbons (Fsp3) is 0.727. The molecule has 4 atom stereocenters. The Labute approximate surface area is 84.2 Å². The molecule has 3 nitrogen and oxygen atoms in total. The predicted molar refractivity (Wildman–Crippen MR) is 53.6 cm³/mol. The van der Waals surface area contributed by atoms with Gasteiger partial charge in [0.2, 0.25) is 5.91 Å². The van der Waals surface area contributed by atoms with E-state index in [9.17, 15) is 9.90 Å². The quantitative estimate of drug-likeness (QED) is 0.609. The lowest BCUT2D eigenvalue weighted by molar-refractivity contribution is -0.120. The van der Waals surface area contributed by atoms with Crippen LogP contribution in [0.15, 0.2) is 12.2 Å². The third-order valence-electron chi connectivity index (χ3n) is 3.36. The highest BCUT2D eigenvalue weighted by atomic mass is 16.3. The lowest BCUT2D eigenvalue weighted by atomic mass is 9.85. The molecule has 1 fully saturated rings. The summed E-state index contributed by atoms with van der Waals surface area (Å²) < 4.78 is 0. The van der Waals surface area contributed by atoms with Gasteiger partial charge >= 0.3 is 0 Å². The van der Waals surface area contributed by atoms with Gasteiger partial charge in [0.1, 0.15) is 0 Å². The van der Waals surface area contributed by atoms with E-state index in [0.717, 1.165) is 19.3 Å². The second-order valence-corrected chi connectivity index (χ2v) is 4.36. The van der Waals surface area contributed by atoms with E-state index in [2.05, 4.69) is 17.5 Å². The number of aliphatic hydroxyl groups excluding tert-OH is 1. The topological polar surface area (TPSA) is 49.3 Å². The van der Waals surface area contributed by atoms with E-state index in [4.69, 9.17) is 0 Å². The number of rotatable bonds is 1. The SMILES string of the molecule is CC(=O)NC1C(O)CC2C=CCCC21. The molecule has 0 spiro atoms. The first-order valence-electron chi connectivity index (χ1n) is 5.30. The number of aliphatic hydroxyl groups is 1. The van der Waals surface area contributed by atoms with Gasteiger partial charge in [-0.25, -0.2) is 0 Å². The van der Waals surface area contributed by atoms with Crippen LogP contribution in [0.2, 0.25) is 0 Å². The fourth-order valence-electron chi connectivity index (χ4n) is 2.76. The number of carbonyl (C=O) groups excluding carboxylic acids is 1. The highest BCUT2D eigenvalue weighted by Crippen LogP contribution is 2.39. The van der Waals surface area contributed by atoms with Gasteiger partial charge in [0, 0.05) is 6.92 Å². The van der Waals surface area contributed by atoms with E-state index in [-0.39, 0.29) is 18.1 Å². The number of allylic oxidation sites excluding steroid dienone is 2. The van der Waals surface area contributed by atoms with Crippen LogP contribution >= 0.6 is 0 Å². The smallest absolute Gasteiger partial charge is 0.217 e. The van der Waals surface area contributed by atoms with Crippen LogP contribution in [0.25, 0.3) is 0 Å². The minimum Gasteiger partial charge on any atom is -0.391 e. The average Bonchev–Trinajstić information content (AvgIpc) is 2.43. The zero-order valence-electron chi connectivity index (χ0n) is 8.44. The summed E-state index contributed by atoms with van der Waals surface area (Å²) >= 11 is 0. The number of amides is 1. The monoisotopic (exact) mass is 195 g/mol. The van der Waals surface area contributed by atoms with Crippen LogP contribution in [0.3, 0.4) is 0 Å². The minimum absolute atomic E-state index is 0.0255. The van der Waals surface area contributed by atoms with Crippen molar-refractivity contribution in [2.75, 3.05) is 0 Å². The maximum atomic E-state index is 11.0. The summed E-state index contributed by atoms with van der Waals surface area (Å²) in [4.78, 5) is 11.0. The van der Waals surface area contributed by atoms with Gasteiger partial charge in [-0.15, -0.1) is 0 Å². The molecule has 1 saturated carbocycles. The van der Waals surface area contributed by atoms with Gasteiger partial charge in [0.05, 0.1) is 12.1 Å². The Bertz CT molecular complexity index is 262. The van der Waals surface area contributed by atoms with Crippen molar-refractivity contribution in [1.29, 1.82) is 0 Å². The zero-order chi connectivity index (χ0) is 10.1. The Balaban J connectivity index is 2.08. The first kappa shape index (κ1) is 9.71. The standard InChI is InChI=1S/C11H17NO2/c1-7(13)12-11-9-5-3-2-4-8(9)6-10(11)14/h2,4,8-11,14H,3,5-6H2,1H3,(H,12,13). The minimum atomic E-state index is -0.364. The average molecular weight is 195 g/mol. The van der Waals surface area contributed by atoms with Gasteiger partial charge in [-0.2, -0.15) is 0 Å². The molecule has 0 aromatic heterocycles. The molecule has 0 bridgehead atoms.